The summed E-state index contributed by atoms with van der Waals surface area (Å²) < 4.78 is 34.7. The zero-order valence-electron chi connectivity index (χ0n) is 13.5. The Morgan fingerprint density at radius 2 is 1.95 bits per heavy atom. The van der Waals surface area contributed by atoms with E-state index in [1.54, 1.807) is 19.4 Å². The molecule has 0 saturated heterocycles. The fourth-order valence-corrected chi connectivity index (χ4v) is 3.52. The molecule has 0 aliphatic heterocycles. The van der Waals surface area contributed by atoms with Crippen LogP contribution in [0.2, 0.25) is 0 Å². The Labute approximate surface area is 127 Å². The summed E-state index contributed by atoms with van der Waals surface area (Å²) in [4.78, 5) is 0.249. The monoisotopic (exact) mass is 317 g/mol. The fourth-order valence-electron chi connectivity index (χ4n) is 2.10. The van der Waals surface area contributed by atoms with E-state index < -0.39 is 10.0 Å². The van der Waals surface area contributed by atoms with Crippen molar-refractivity contribution in [1.29, 1.82) is 0 Å². The van der Waals surface area contributed by atoms with Gasteiger partial charge in [0, 0.05) is 37.6 Å². The summed E-state index contributed by atoms with van der Waals surface area (Å²) in [6.45, 7) is 8.54. The van der Waals surface area contributed by atoms with Crippen molar-refractivity contribution >= 4 is 10.0 Å². The molecule has 0 spiro atoms. The molecule has 1 aromatic rings. The van der Waals surface area contributed by atoms with Crippen molar-refractivity contribution < 1.29 is 13.2 Å². The summed E-state index contributed by atoms with van der Waals surface area (Å²) in [5.41, 5.74) is 6.49. The van der Waals surface area contributed by atoms with Gasteiger partial charge in [-0.25, -0.2) is 13.1 Å². The van der Waals surface area contributed by atoms with E-state index in [0.717, 1.165) is 5.69 Å². The zero-order valence-corrected chi connectivity index (χ0v) is 14.3. The first kappa shape index (κ1) is 18.2. The van der Waals surface area contributed by atoms with E-state index in [-0.39, 0.29) is 22.9 Å². The average Bonchev–Trinajstić information content (AvgIpc) is 2.83. The van der Waals surface area contributed by atoms with Crippen LogP contribution in [0.3, 0.4) is 0 Å². The van der Waals surface area contributed by atoms with Gasteiger partial charge in [0.1, 0.15) is 0 Å². The minimum Gasteiger partial charge on any atom is -0.383 e. The summed E-state index contributed by atoms with van der Waals surface area (Å²) in [7, 11) is -2.02. The van der Waals surface area contributed by atoms with Crippen LogP contribution in [-0.4, -0.2) is 32.7 Å². The zero-order chi connectivity index (χ0) is 16.2. The number of nitrogens with zero attached hydrogens (tertiary/aromatic N) is 1. The molecule has 21 heavy (non-hydrogen) atoms. The maximum Gasteiger partial charge on any atom is 0.242 e. The van der Waals surface area contributed by atoms with Gasteiger partial charge >= 0.3 is 0 Å². The normalized spacial score (nSPS) is 14.1. The Hall–Kier alpha value is -0.890. The third-order valence-electron chi connectivity index (χ3n) is 3.44. The Morgan fingerprint density at radius 1 is 1.33 bits per heavy atom. The van der Waals surface area contributed by atoms with E-state index >= 15 is 0 Å². The van der Waals surface area contributed by atoms with Gasteiger partial charge in [-0.1, -0.05) is 13.8 Å². The van der Waals surface area contributed by atoms with E-state index in [4.69, 9.17) is 10.5 Å². The quantitative estimate of drug-likeness (QED) is 0.760. The number of rotatable bonds is 8. The molecule has 0 bridgehead atoms. The SMILES string of the molecule is COCC(NS(=O)(=O)c1cc(CN)n(C(C)C)c1)C(C)C. The van der Waals surface area contributed by atoms with E-state index in [1.807, 2.05) is 32.3 Å². The third kappa shape index (κ3) is 4.54. The first-order valence-corrected chi connectivity index (χ1v) is 8.63. The number of aromatic nitrogens is 1. The molecule has 6 nitrogen and oxygen atoms in total. The van der Waals surface area contributed by atoms with Crippen molar-refractivity contribution in [3.05, 3.63) is 18.0 Å². The summed E-state index contributed by atoms with van der Waals surface area (Å²) in [6.07, 6.45) is 1.64. The number of sulfonamides is 1. The molecule has 1 rings (SSSR count). The highest BCUT2D eigenvalue weighted by molar-refractivity contribution is 7.89. The first-order valence-electron chi connectivity index (χ1n) is 7.15. The number of hydrogen-bond donors (Lipinski definition) is 2. The Morgan fingerprint density at radius 3 is 2.33 bits per heavy atom. The van der Waals surface area contributed by atoms with Crippen LogP contribution in [0.25, 0.3) is 0 Å². The molecule has 1 aromatic heterocycles. The Bertz CT molecular complexity index is 550. The van der Waals surface area contributed by atoms with Crippen molar-refractivity contribution in [3.63, 3.8) is 0 Å². The second kappa shape index (κ2) is 7.40. The molecular formula is C14H27N3O3S. The van der Waals surface area contributed by atoms with Crippen molar-refractivity contribution in [1.82, 2.24) is 9.29 Å². The van der Waals surface area contributed by atoms with Crippen molar-refractivity contribution in [2.24, 2.45) is 11.7 Å². The van der Waals surface area contributed by atoms with Crippen LogP contribution in [0.1, 0.15) is 39.4 Å². The van der Waals surface area contributed by atoms with Gasteiger partial charge in [0.05, 0.1) is 11.5 Å². The summed E-state index contributed by atoms with van der Waals surface area (Å²) in [6, 6.07) is 1.53. The highest BCUT2D eigenvalue weighted by Gasteiger charge is 2.24. The van der Waals surface area contributed by atoms with Crippen LogP contribution in [0.4, 0.5) is 0 Å². The number of ether oxygens (including phenoxy) is 1. The molecule has 7 heteroatoms. The molecule has 1 unspecified atom stereocenters. The van der Waals surface area contributed by atoms with Crippen molar-refractivity contribution in [2.75, 3.05) is 13.7 Å². The molecular weight excluding hydrogens is 290 g/mol. The molecule has 0 aliphatic carbocycles. The van der Waals surface area contributed by atoms with E-state index in [0.29, 0.717) is 13.2 Å². The standard InChI is InChI=1S/C14H27N3O3S/c1-10(2)14(9-20-5)16-21(18,19)13-6-12(7-15)17(8-13)11(3)4/h6,8,10-11,14,16H,7,9,15H2,1-5H3. The van der Waals surface area contributed by atoms with Gasteiger partial charge in [0.2, 0.25) is 10.0 Å². The lowest BCUT2D eigenvalue weighted by molar-refractivity contribution is 0.157. The molecule has 0 amide bonds. The molecule has 0 aliphatic rings. The van der Waals surface area contributed by atoms with Crippen LogP contribution >= 0.6 is 0 Å². The third-order valence-corrected chi connectivity index (χ3v) is 4.90. The largest absolute Gasteiger partial charge is 0.383 e. The van der Waals surface area contributed by atoms with Gasteiger partial charge in [0.15, 0.2) is 0 Å². The second-order valence-electron chi connectivity index (χ2n) is 5.80. The topological polar surface area (TPSA) is 86.3 Å². The lowest BCUT2D eigenvalue weighted by Gasteiger charge is -2.21. The minimum atomic E-state index is -3.58. The van der Waals surface area contributed by atoms with Crippen LogP contribution in [0.15, 0.2) is 17.2 Å². The summed E-state index contributed by atoms with van der Waals surface area (Å²) in [5, 5.41) is 0. The highest BCUT2D eigenvalue weighted by atomic mass is 32.2. The number of nitrogens with one attached hydrogen (secondary N) is 1. The molecule has 1 heterocycles. The summed E-state index contributed by atoms with van der Waals surface area (Å²) >= 11 is 0. The minimum absolute atomic E-state index is 0.140. The summed E-state index contributed by atoms with van der Waals surface area (Å²) in [5.74, 6) is 0.140. The van der Waals surface area contributed by atoms with Crippen LogP contribution in [0.5, 0.6) is 0 Å². The Kier molecular flexibility index (Phi) is 6.40. The van der Waals surface area contributed by atoms with Gasteiger partial charge in [-0.15, -0.1) is 0 Å². The van der Waals surface area contributed by atoms with Gasteiger partial charge in [-0.3, -0.25) is 0 Å². The second-order valence-corrected chi connectivity index (χ2v) is 7.51. The number of nitrogens with two attached hydrogens (primary N) is 1. The van der Waals surface area contributed by atoms with E-state index in [2.05, 4.69) is 4.72 Å². The van der Waals surface area contributed by atoms with E-state index in [1.165, 1.54) is 0 Å². The van der Waals surface area contributed by atoms with Crippen LogP contribution in [0, 0.1) is 5.92 Å². The van der Waals surface area contributed by atoms with Crippen LogP contribution < -0.4 is 10.5 Å². The predicted octanol–water partition coefficient (Wildman–Crippen LogP) is 1.48. The number of hydrogen-bond acceptors (Lipinski definition) is 4. The first-order chi connectivity index (χ1) is 9.72. The van der Waals surface area contributed by atoms with Gasteiger partial charge in [0.25, 0.3) is 0 Å². The predicted molar refractivity (Wildman–Crippen MR) is 83.5 cm³/mol. The smallest absolute Gasteiger partial charge is 0.242 e. The molecule has 3 N–H and O–H groups in total. The van der Waals surface area contributed by atoms with Gasteiger partial charge in [-0.2, -0.15) is 0 Å². The van der Waals surface area contributed by atoms with Gasteiger partial charge < -0.3 is 15.0 Å². The maximum atomic E-state index is 12.5. The van der Waals surface area contributed by atoms with Gasteiger partial charge in [-0.05, 0) is 25.8 Å². The Balaban J connectivity index is 3.07. The average molecular weight is 317 g/mol. The molecule has 0 saturated carbocycles. The highest BCUT2D eigenvalue weighted by Crippen LogP contribution is 2.19. The van der Waals surface area contributed by atoms with E-state index in [9.17, 15) is 8.42 Å². The fraction of sp³-hybridized carbons (Fsp3) is 0.714. The molecule has 1 atom stereocenters. The van der Waals surface area contributed by atoms with Crippen LogP contribution in [-0.2, 0) is 21.3 Å². The molecule has 0 aromatic carbocycles. The lowest BCUT2D eigenvalue weighted by Crippen LogP contribution is -2.41. The van der Waals surface area contributed by atoms with Crippen molar-refractivity contribution in [2.45, 2.75) is 51.2 Å². The molecule has 122 valence electrons. The lowest BCUT2D eigenvalue weighted by atomic mass is 10.1. The molecule has 0 radical (unpaired) electrons. The molecule has 0 fully saturated rings. The van der Waals surface area contributed by atoms with Crippen molar-refractivity contribution in [3.8, 4) is 0 Å². The number of methoxy groups -OCH3 is 1. The maximum absolute atomic E-state index is 12.5.